The lowest BCUT2D eigenvalue weighted by molar-refractivity contribution is -0.104. The summed E-state index contributed by atoms with van der Waals surface area (Å²) in [4.78, 5) is 11.3. The number of aldehydes is 1. The van der Waals surface area contributed by atoms with Gasteiger partial charge in [-0.1, -0.05) is 42.5 Å². The first-order chi connectivity index (χ1) is 9.61. The van der Waals surface area contributed by atoms with E-state index in [1.807, 2.05) is 12.2 Å². The summed E-state index contributed by atoms with van der Waals surface area (Å²) in [5.74, 6) is 0. The number of rotatable bonds is 1. The van der Waals surface area contributed by atoms with Gasteiger partial charge in [0.2, 0.25) is 0 Å². The zero-order valence-corrected chi connectivity index (χ0v) is 11.9. The molecule has 0 bridgehead atoms. The average molecular weight is 265 g/mol. The molecule has 1 aromatic carbocycles. The number of carbonyl (C=O) groups excluding carboxylic acids is 1. The normalized spacial score (nSPS) is 23.6. The lowest BCUT2D eigenvalue weighted by Crippen LogP contribution is -2.44. The van der Waals surface area contributed by atoms with Gasteiger partial charge in [0, 0.05) is 22.4 Å². The van der Waals surface area contributed by atoms with E-state index in [2.05, 4.69) is 49.5 Å². The van der Waals surface area contributed by atoms with E-state index >= 15 is 0 Å². The lowest BCUT2D eigenvalue weighted by Gasteiger charge is -2.37. The fourth-order valence-electron chi connectivity index (χ4n) is 3.02. The van der Waals surface area contributed by atoms with Crippen LogP contribution in [-0.4, -0.2) is 11.8 Å². The second-order valence-electron chi connectivity index (χ2n) is 6.07. The first-order valence-corrected chi connectivity index (χ1v) is 7.03. The van der Waals surface area contributed by atoms with Gasteiger partial charge in [-0.3, -0.25) is 4.79 Å². The Balaban J connectivity index is 2.20. The van der Waals surface area contributed by atoms with Crippen molar-refractivity contribution in [3.63, 3.8) is 0 Å². The zero-order valence-electron chi connectivity index (χ0n) is 11.9. The van der Waals surface area contributed by atoms with Crippen molar-refractivity contribution in [2.24, 2.45) is 0 Å². The summed E-state index contributed by atoms with van der Waals surface area (Å²) < 4.78 is 0. The molecular formula is C18H19NO. The molecule has 0 unspecified atom stereocenters. The highest BCUT2D eigenvalue weighted by Gasteiger charge is 2.29. The molecule has 1 aromatic rings. The monoisotopic (exact) mass is 265 g/mol. The summed E-state index contributed by atoms with van der Waals surface area (Å²) in [5.41, 5.74) is 5.57. The van der Waals surface area contributed by atoms with Gasteiger partial charge in [-0.15, -0.1) is 0 Å². The van der Waals surface area contributed by atoms with Gasteiger partial charge in [0.1, 0.15) is 6.29 Å². The molecule has 1 aliphatic heterocycles. The van der Waals surface area contributed by atoms with E-state index in [-0.39, 0.29) is 5.54 Å². The Hall–Kier alpha value is -2.09. The van der Waals surface area contributed by atoms with Crippen LogP contribution in [0.5, 0.6) is 0 Å². The topological polar surface area (TPSA) is 29.1 Å². The van der Waals surface area contributed by atoms with E-state index in [0.717, 1.165) is 36.0 Å². The number of allylic oxidation sites excluding steroid dienone is 5. The largest absolute Gasteiger partial charge is 0.379 e. The molecular weight excluding hydrogens is 246 g/mol. The van der Waals surface area contributed by atoms with Crippen LogP contribution in [0.1, 0.15) is 31.4 Å². The Bertz CT molecular complexity index is 647. The van der Waals surface area contributed by atoms with Gasteiger partial charge in [-0.2, -0.15) is 0 Å². The molecule has 0 fully saturated rings. The van der Waals surface area contributed by atoms with Gasteiger partial charge >= 0.3 is 0 Å². The van der Waals surface area contributed by atoms with Crippen molar-refractivity contribution in [2.75, 3.05) is 0 Å². The molecule has 2 aliphatic rings. The Labute approximate surface area is 119 Å². The van der Waals surface area contributed by atoms with Crippen LogP contribution in [-0.2, 0) is 11.2 Å². The second-order valence-corrected chi connectivity index (χ2v) is 6.07. The van der Waals surface area contributed by atoms with Crippen molar-refractivity contribution in [1.82, 2.24) is 5.32 Å². The summed E-state index contributed by atoms with van der Waals surface area (Å²) >= 11 is 0. The summed E-state index contributed by atoms with van der Waals surface area (Å²) in [6.45, 7) is 4.40. The number of hydrogen-bond donors (Lipinski definition) is 1. The van der Waals surface area contributed by atoms with Crippen LogP contribution in [0.25, 0.3) is 5.70 Å². The molecule has 1 aliphatic carbocycles. The van der Waals surface area contributed by atoms with E-state index in [0.29, 0.717) is 0 Å². The predicted molar refractivity (Wildman–Crippen MR) is 82.2 cm³/mol. The maximum Gasteiger partial charge on any atom is 0.150 e. The van der Waals surface area contributed by atoms with Crippen LogP contribution in [0.3, 0.4) is 0 Å². The third kappa shape index (κ3) is 2.22. The van der Waals surface area contributed by atoms with Crippen molar-refractivity contribution in [1.29, 1.82) is 0 Å². The standard InChI is InChI=1S/C18H19NO/c1-18(2)11-13-7-3-5-9-15(13)17(19-18)16-10-6-4-8-14(16)12-20/h3-9,12,19H,10-11H2,1-2H3. The van der Waals surface area contributed by atoms with Gasteiger partial charge < -0.3 is 5.32 Å². The fourth-order valence-corrected chi connectivity index (χ4v) is 3.02. The van der Waals surface area contributed by atoms with Crippen LogP contribution < -0.4 is 5.32 Å². The van der Waals surface area contributed by atoms with Gasteiger partial charge in [-0.05, 0) is 37.8 Å². The molecule has 2 heteroatoms. The minimum Gasteiger partial charge on any atom is -0.379 e. The maximum atomic E-state index is 11.3. The molecule has 0 amide bonds. The highest BCUT2D eigenvalue weighted by atomic mass is 16.1. The Kier molecular flexibility index (Phi) is 3.09. The zero-order chi connectivity index (χ0) is 14.2. The molecule has 102 valence electrons. The minimum absolute atomic E-state index is 0.00580. The van der Waals surface area contributed by atoms with Crippen molar-refractivity contribution in [3.8, 4) is 0 Å². The quantitative estimate of drug-likeness (QED) is 0.788. The Morgan fingerprint density at radius 2 is 2.05 bits per heavy atom. The molecule has 0 spiro atoms. The molecule has 3 rings (SSSR count). The van der Waals surface area contributed by atoms with E-state index in [4.69, 9.17) is 0 Å². The van der Waals surface area contributed by atoms with E-state index in [1.54, 1.807) is 0 Å². The summed E-state index contributed by atoms with van der Waals surface area (Å²) in [7, 11) is 0. The summed E-state index contributed by atoms with van der Waals surface area (Å²) in [5, 5.41) is 3.63. The number of hydrogen-bond acceptors (Lipinski definition) is 2. The molecule has 1 heterocycles. The van der Waals surface area contributed by atoms with Crippen molar-refractivity contribution < 1.29 is 4.79 Å². The summed E-state index contributed by atoms with van der Waals surface area (Å²) in [6, 6.07) is 8.46. The highest BCUT2D eigenvalue weighted by molar-refractivity contribution is 5.89. The van der Waals surface area contributed by atoms with Crippen LogP contribution in [0.15, 0.2) is 53.6 Å². The van der Waals surface area contributed by atoms with Crippen molar-refractivity contribution in [3.05, 3.63) is 64.8 Å². The SMILES string of the molecule is CC1(C)Cc2ccccc2C(=C2CC=CC=C2C=O)N1. The average Bonchev–Trinajstić information content (AvgIpc) is 2.45. The van der Waals surface area contributed by atoms with E-state index < -0.39 is 0 Å². The van der Waals surface area contributed by atoms with Crippen molar-refractivity contribution in [2.45, 2.75) is 32.2 Å². The van der Waals surface area contributed by atoms with E-state index in [9.17, 15) is 4.79 Å². The second kappa shape index (κ2) is 4.78. The Morgan fingerprint density at radius 3 is 2.85 bits per heavy atom. The lowest BCUT2D eigenvalue weighted by atomic mass is 9.82. The van der Waals surface area contributed by atoms with Crippen LogP contribution in [0, 0.1) is 0 Å². The molecule has 0 aromatic heterocycles. The van der Waals surface area contributed by atoms with Gasteiger partial charge in [0.15, 0.2) is 0 Å². The molecule has 0 atom stereocenters. The first kappa shape index (κ1) is 12.9. The summed E-state index contributed by atoms with van der Waals surface area (Å²) in [6.07, 6.45) is 8.70. The smallest absolute Gasteiger partial charge is 0.150 e. The van der Waals surface area contributed by atoms with Crippen molar-refractivity contribution >= 4 is 12.0 Å². The number of benzene rings is 1. The number of carbonyl (C=O) groups is 1. The third-order valence-corrected chi connectivity index (χ3v) is 3.89. The minimum atomic E-state index is 0.00580. The van der Waals surface area contributed by atoms with Crippen LogP contribution >= 0.6 is 0 Å². The molecule has 1 N–H and O–H groups in total. The molecule has 0 radical (unpaired) electrons. The van der Waals surface area contributed by atoms with Crippen LogP contribution in [0.2, 0.25) is 0 Å². The Morgan fingerprint density at radius 1 is 1.25 bits per heavy atom. The number of fused-ring (bicyclic) bond motifs is 1. The molecule has 20 heavy (non-hydrogen) atoms. The molecule has 2 nitrogen and oxygen atoms in total. The molecule has 0 saturated heterocycles. The maximum absolute atomic E-state index is 11.3. The van der Waals surface area contributed by atoms with Gasteiger partial charge in [-0.25, -0.2) is 0 Å². The van der Waals surface area contributed by atoms with Gasteiger partial charge in [0.05, 0.1) is 0 Å². The highest BCUT2D eigenvalue weighted by Crippen LogP contribution is 2.35. The first-order valence-electron chi connectivity index (χ1n) is 7.03. The third-order valence-electron chi connectivity index (χ3n) is 3.89. The predicted octanol–water partition coefficient (Wildman–Crippen LogP) is 3.41. The van der Waals surface area contributed by atoms with Gasteiger partial charge in [0.25, 0.3) is 0 Å². The van der Waals surface area contributed by atoms with Crippen LogP contribution in [0.4, 0.5) is 0 Å². The fraction of sp³-hybridized carbons (Fsp3) is 0.278. The number of nitrogens with one attached hydrogen (secondary N) is 1. The molecule has 0 saturated carbocycles. The van der Waals surface area contributed by atoms with E-state index in [1.165, 1.54) is 11.1 Å².